The highest BCUT2D eigenvalue weighted by atomic mass is 35.5. The predicted octanol–water partition coefficient (Wildman–Crippen LogP) is 10.3. The molecule has 2 N–H and O–H groups in total. The molecule has 0 radical (unpaired) electrons. The van der Waals surface area contributed by atoms with Gasteiger partial charge in [0, 0.05) is 19.0 Å². The molecule has 0 fully saturated rings. The van der Waals surface area contributed by atoms with Crippen LogP contribution in [0.2, 0.25) is 10.0 Å². The minimum Gasteiger partial charge on any atom is -0.489 e. The summed E-state index contributed by atoms with van der Waals surface area (Å²) in [4.78, 5) is 29.3. The standard InChI is InChI=1S/C50H43Cl2N3O6/c1-2-44(36-6-4-3-5-7-36)55-28-39-26-47-46(60-30-48(61-47)37-17-19-40(20-18-37)59-29-33-12-21-41(51)42(52)22-33)25-38(39)24-45(55)49(56)54-43(50(57)58)23-31-8-13-34(14-9-31)35-15-10-32(27-53)11-16-35/h3-22,25-26,43-45,48H,2,23-24,28-30H2,1H3,(H,54,56)(H,57,58)/t43?,44?,45-,48-/m0/s1. The van der Waals surface area contributed by atoms with Gasteiger partial charge in [-0.05, 0) is 106 Å². The van der Waals surface area contributed by atoms with E-state index in [-0.39, 0.29) is 24.5 Å². The Morgan fingerprint density at radius 3 is 2.21 bits per heavy atom. The Morgan fingerprint density at radius 2 is 1.54 bits per heavy atom. The summed E-state index contributed by atoms with van der Waals surface area (Å²) < 4.78 is 18.9. The molecule has 6 aromatic rings. The zero-order valence-electron chi connectivity index (χ0n) is 33.4. The van der Waals surface area contributed by atoms with Crippen LogP contribution < -0.4 is 19.5 Å². The van der Waals surface area contributed by atoms with Crippen LogP contribution in [0.5, 0.6) is 17.2 Å². The second-order valence-corrected chi connectivity index (χ2v) is 16.1. The first kappa shape index (κ1) is 41.4. The summed E-state index contributed by atoms with van der Waals surface area (Å²) in [6.45, 7) is 3.19. The van der Waals surface area contributed by atoms with Crippen LogP contribution in [0.1, 0.15) is 64.4 Å². The van der Waals surface area contributed by atoms with Crippen molar-refractivity contribution in [2.24, 2.45) is 0 Å². The summed E-state index contributed by atoms with van der Waals surface area (Å²) in [7, 11) is 0. The summed E-state index contributed by atoms with van der Waals surface area (Å²) in [5.41, 5.74) is 8.13. The lowest BCUT2D eigenvalue weighted by molar-refractivity contribution is -0.143. The Bertz CT molecular complexity index is 2560. The average molecular weight is 853 g/mol. The van der Waals surface area contributed by atoms with Gasteiger partial charge in [0.2, 0.25) is 5.91 Å². The number of rotatable bonds is 13. The number of nitriles is 1. The van der Waals surface area contributed by atoms with E-state index in [9.17, 15) is 14.7 Å². The van der Waals surface area contributed by atoms with Crippen molar-refractivity contribution in [2.45, 2.75) is 63.6 Å². The highest BCUT2D eigenvalue weighted by molar-refractivity contribution is 6.42. The van der Waals surface area contributed by atoms with E-state index in [1.54, 1.807) is 24.3 Å². The molecule has 2 heterocycles. The van der Waals surface area contributed by atoms with Crippen molar-refractivity contribution in [1.82, 2.24) is 10.2 Å². The molecule has 4 atom stereocenters. The third-order valence-electron chi connectivity index (χ3n) is 11.4. The topological polar surface area (TPSA) is 121 Å². The predicted molar refractivity (Wildman–Crippen MR) is 235 cm³/mol. The lowest BCUT2D eigenvalue weighted by Gasteiger charge is -2.42. The molecule has 1 amide bonds. The van der Waals surface area contributed by atoms with Gasteiger partial charge in [0.25, 0.3) is 0 Å². The van der Waals surface area contributed by atoms with Crippen molar-refractivity contribution < 1.29 is 28.9 Å². The number of carbonyl (C=O) groups is 2. The number of amides is 1. The summed E-state index contributed by atoms with van der Waals surface area (Å²) in [6.07, 6.45) is 0.861. The zero-order chi connectivity index (χ0) is 42.5. The van der Waals surface area contributed by atoms with Crippen LogP contribution in [0, 0.1) is 11.3 Å². The smallest absolute Gasteiger partial charge is 0.326 e. The number of ether oxygens (including phenoxy) is 3. The molecule has 9 nitrogen and oxygen atoms in total. The molecule has 61 heavy (non-hydrogen) atoms. The largest absolute Gasteiger partial charge is 0.489 e. The molecule has 308 valence electrons. The Morgan fingerprint density at radius 1 is 0.852 bits per heavy atom. The molecule has 0 saturated carbocycles. The monoisotopic (exact) mass is 851 g/mol. The first-order chi connectivity index (χ1) is 29.6. The van der Waals surface area contributed by atoms with Gasteiger partial charge in [-0.3, -0.25) is 9.69 Å². The van der Waals surface area contributed by atoms with Crippen molar-refractivity contribution in [2.75, 3.05) is 6.61 Å². The van der Waals surface area contributed by atoms with Crippen LogP contribution in [0.3, 0.4) is 0 Å². The number of hydrogen-bond acceptors (Lipinski definition) is 7. The van der Waals surface area contributed by atoms with Gasteiger partial charge >= 0.3 is 5.97 Å². The number of carbonyl (C=O) groups excluding carboxylic acids is 1. The van der Waals surface area contributed by atoms with Gasteiger partial charge in [-0.1, -0.05) is 115 Å². The van der Waals surface area contributed by atoms with E-state index in [1.165, 1.54) is 0 Å². The van der Waals surface area contributed by atoms with Gasteiger partial charge in [-0.15, -0.1) is 0 Å². The van der Waals surface area contributed by atoms with Gasteiger partial charge in [-0.25, -0.2) is 4.79 Å². The molecule has 0 aromatic heterocycles. The zero-order valence-corrected chi connectivity index (χ0v) is 34.9. The number of aliphatic carboxylic acids is 1. The fourth-order valence-corrected chi connectivity index (χ4v) is 8.41. The SMILES string of the molecule is CCC(c1ccccc1)N1Cc2cc3c(cc2C[C@H]1C(=O)NC(Cc1ccc(-c2ccc(C#N)cc2)cc1)C(=O)O)OC[C@@H](c1ccc(OCc2ccc(Cl)c(Cl)c2)cc1)O3. The van der Waals surface area contributed by atoms with E-state index in [1.807, 2.05) is 97.1 Å². The number of fused-ring (bicyclic) bond motifs is 2. The molecule has 11 heteroatoms. The molecule has 0 spiro atoms. The van der Waals surface area contributed by atoms with Crippen LogP contribution in [0.15, 0.2) is 133 Å². The molecule has 2 unspecified atom stereocenters. The lowest BCUT2D eigenvalue weighted by atomic mass is 9.89. The summed E-state index contributed by atoms with van der Waals surface area (Å²) in [6, 6.07) is 42.3. The van der Waals surface area contributed by atoms with E-state index in [2.05, 4.69) is 35.3 Å². The fraction of sp³-hybridized carbons (Fsp3) is 0.220. The van der Waals surface area contributed by atoms with Crippen molar-refractivity contribution >= 4 is 35.1 Å². The average Bonchev–Trinajstić information content (AvgIpc) is 3.29. The molecular weight excluding hydrogens is 809 g/mol. The van der Waals surface area contributed by atoms with Gasteiger partial charge in [-0.2, -0.15) is 5.26 Å². The fourth-order valence-electron chi connectivity index (χ4n) is 8.09. The molecule has 8 rings (SSSR count). The molecular formula is C50H43Cl2N3O6. The third kappa shape index (κ3) is 9.53. The van der Waals surface area contributed by atoms with Crippen LogP contribution in [0.25, 0.3) is 11.1 Å². The van der Waals surface area contributed by atoms with Crippen molar-refractivity contribution in [3.8, 4) is 34.4 Å². The van der Waals surface area contributed by atoms with Gasteiger partial charge < -0.3 is 24.6 Å². The van der Waals surface area contributed by atoms with Gasteiger partial charge in [0.1, 0.15) is 25.0 Å². The maximum absolute atomic E-state index is 14.4. The number of nitrogens with zero attached hydrogens (tertiary/aromatic N) is 2. The van der Waals surface area contributed by atoms with E-state index in [0.29, 0.717) is 59.0 Å². The number of nitrogens with one attached hydrogen (secondary N) is 1. The third-order valence-corrected chi connectivity index (χ3v) is 12.1. The van der Waals surface area contributed by atoms with Crippen LogP contribution in [-0.4, -0.2) is 40.6 Å². The Balaban J connectivity index is 0.987. The minimum atomic E-state index is -1.14. The summed E-state index contributed by atoms with van der Waals surface area (Å²) in [5, 5.41) is 23.4. The molecule has 2 aliphatic rings. The number of carboxylic acids is 1. The summed E-state index contributed by atoms with van der Waals surface area (Å²) >= 11 is 12.2. The molecule has 0 aliphatic carbocycles. The molecule has 0 saturated heterocycles. The minimum absolute atomic E-state index is 0.110. The van der Waals surface area contributed by atoms with Crippen molar-refractivity contribution in [3.05, 3.63) is 182 Å². The molecule has 0 bridgehead atoms. The molecule has 6 aromatic carbocycles. The highest BCUT2D eigenvalue weighted by Gasteiger charge is 2.39. The first-order valence-corrected chi connectivity index (χ1v) is 21.0. The highest BCUT2D eigenvalue weighted by Crippen LogP contribution is 2.42. The quantitative estimate of drug-likeness (QED) is 0.118. The second-order valence-electron chi connectivity index (χ2n) is 15.3. The lowest BCUT2D eigenvalue weighted by Crippen LogP contribution is -2.55. The number of halogens is 2. The van der Waals surface area contributed by atoms with Crippen molar-refractivity contribution in [3.63, 3.8) is 0 Å². The van der Waals surface area contributed by atoms with E-state index >= 15 is 0 Å². The summed E-state index contributed by atoms with van der Waals surface area (Å²) in [5.74, 6) is 0.477. The Hall–Kier alpha value is -6.31. The van der Waals surface area contributed by atoms with Crippen LogP contribution >= 0.6 is 23.2 Å². The molecule has 2 aliphatic heterocycles. The van der Waals surface area contributed by atoms with E-state index in [4.69, 9.17) is 42.7 Å². The Labute approximate surface area is 365 Å². The first-order valence-electron chi connectivity index (χ1n) is 20.2. The van der Waals surface area contributed by atoms with Crippen LogP contribution in [0.4, 0.5) is 0 Å². The number of hydrogen-bond donors (Lipinski definition) is 2. The van der Waals surface area contributed by atoms with E-state index in [0.717, 1.165) is 50.9 Å². The second kappa shape index (κ2) is 18.5. The maximum Gasteiger partial charge on any atom is 0.326 e. The Kier molecular flexibility index (Phi) is 12.6. The normalized spacial score (nSPS) is 16.7. The maximum atomic E-state index is 14.4. The van der Waals surface area contributed by atoms with Crippen LogP contribution in [-0.2, 0) is 35.6 Å². The number of benzene rings is 6. The van der Waals surface area contributed by atoms with Crippen molar-refractivity contribution in [1.29, 1.82) is 5.26 Å². The van der Waals surface area contributed by atoms with E-state index < -0.39 is 18.1 Å². The van der Waals surface area contributed by atoms with Gasteiger partial charge in [0.15, 0.2) is 17.6 Å². The number of carboxylic acid groups (broad SMARTS) is 1. The van der Waals surface area contributed by atoms with Gasteiger partial charge in [0.05, 0.1) is 27.7 Å².